The normalized spacial score (nSPS) is 17.6. The molecule has 2 aromatic heterocycles. The van der Waals surface area contributed by atoms with Crippen molar-refractivity contribution in [1.82, 2.24) is 9.88 Å². The zero-order valence-electron chi connectivity index (χ0n) is 17.3. The maximum absolute atomic E-state index is 12.7. The summed E-state index contributed by atoms with van der Waals surface area (Å²) < 4.78 is 70.3. The number of nitrogens with zero attached hydrogens (tertiary/aromatic N) is 1. The van der Waals surface area contributed by atoms with E-state index < -0.39 is 28.1 Å². The molecule has 5 N–H and O–H groups in total. The van der Waals surface area contributed by atoms with Crippen LogP contribution in [0.3, 0.4) is 0 Å². The average Bonchev–Trinajstić information content (AvgIpc) is 3.14. The Kier molecular flexibility index (Phi) is 7.65. The van der Waals surface area contributed by atoms with Gasteiger partial charge in [0, 0.05) is 18.0 Å². The number of alkyl halides is 3. The number of thiophene rings is 1. The summed E-state index contributed by atoms with van der Waals surface area (Å²) in [6.45, 7) is 0.569. The lowest BCUT2D eigenvalue weighted by Crippen LogP contribution is -2.26. The Morgan fingerprint density at radius 1 is 1.21 bits per heavy atom. The van der Waals surface area contributed by atoms with Crippen molar-refractivity contribution in [2.45, 2.75) is 35.2 Å². The molecule has 0 radical (unpaired) electrons. The molecule has 14 heteroatoms. The lowest BCUT2D eigenvalue weighted by molar-refractivity contribution is -0.155. The molecule has 0 bridgehead atoms. The van der Waals surface area contributed by atoms with Crippen LogP contribution in [-0.4, -0.2) is 42.5 Å². The molecule has 4 rings (SSSR count). The predicted octanol–water partition coefficient (Wildman–Crippen LogP) is 3.98. The van der Waals surface area contributed by atoms with Gasteiger partial charge in [0.2, 0.25) is 15.8 Å². The summed E-state index contributed by atoms with van der Waals surface area (Å²) in [5.74, 6) is -1.14. The number of nitrogens with one attached hydrogen (secondary N) is 1. The van der Waals surface area contributed by atoms with Crippen LogP contribution >= 0.6 is 11.3 Å². The van der Waals surface area contributed by atoms with Gasteiger partial charge < -0.3 is 20.5 Å². The number of carboxylic acid groups (broad SMARTS) is 2. The number of rotatable bonds is 7. The molecule has 0 unspecified atom stereocenters. The topological polar surface area (TPSA) is 156 Å². The molecule has 1 aromatic carbocycles. The van der Waals surface area contributed by atoms with E-state index in [0.29, 0.717) is 13.0 Å². The van der Waals surface area contributed by atoms with Crippen LogP contribution in [0.15, 0.2) is 51.2 Å². The molecule has 9 nitrogen and oxygen atoms in total. The van der Waals surface area contributed by atoms with Crippen molar-refractivity contribution in [2.24, 2.45) is 5.73 Å². The number of hydrogen-bond donors (Lipinski definition) is 4. The number of nitrogens with two attached hydrogens (primary N) is 1. The Bertz CT molecular complexity index is 1230. The number of halogens is 3. The van der Waals surface area contributed by atoms with Crippen molar-refractivity contribution in [3.05, 3.63) is 59.4 Å². The molecule has 2 heterocycles. The number of benzene rings is 1. The van der Waals surface area contributed by atoms with E-state index in [0.717, 1.165) is 35.0 Å². The van der Waals surface area contributed by atoms with Crippen LogP contribution in [0.5, 0.6) is 0 Å². The second-order valence-corrected chi connectivity index (χ2v) is 10.4. The van der Waals surface area contributed by atoms with E-state index in [4.69, 9.17) is 20.7 Å². The lowest BCUT2D eigenvalue weighted by atomic mass is 10.1. The van der Waals surface area contributed by atoms with Gasteiger partial charge in [0.05, 0.1) is 4.88 Å². The molecule has 0 aliphatic heterocycles. The minimum atomic E-state index is -4.65. The summed E-state index contributed by atoms with van der Waals surface area (Å²) in [6, 6.07) is 11.2. The zero-order valence-corrected chi connectivity index (χ0v) is 19.0. The highest BCUT2D eigenvalue weighted by Crippen LogP contribution is 2.42. The maximum Gasteiger partial charge on any atom is 0.503 e. The molecule has 1 aliphatic rings. The predicted molar refractivity (Wildman–Crippen MR) is 116 cm³/mol. The van der Waals surface area contributed by atoms with Crippen molar-refractivity contribution in [3.63, 3.8) is 0 Å². The first kappa shape index (κ1) is 25.7. The molecule has 34 heavy (non-hydrogen) atoms. The minimum Gasteiger partial charge on any atom is -0.450 e. The molecule has 1 aliphatic carbocycles. The fourth-order valence-corrected chi connectivity index (χ4v) is 5.74. The molecular weight excluding hydrogens is 499 g/mol. The summed E-state index contributed by atoms with van der Waals surface area (Å²) in [5, 5.41) is 17.3. The fourth-order valence-electron chi connectivity index (χ4n) is 3.18. The van der Waals surface area contributed by atoms with Crippen LogP contribution in [0.4, 0.5) is 18.0 Å². The van der Waals surface area contributed by atoms with Crippen molar-refractivity contribution in [3.8, 4) is 10.6 Å². The summed E-state index contributed by atoms with van der Waals surface area (Å²) in [5.41, 5.74) is 7.67. The van der Waals surface area contributed by atoms with Crippen LogP contribution in [0.1, 0.15) is 29.2 Å². The van der Waals surface area contributed by atoms with Gasteiger partial charge in [-0.1, -0.05) is 29.4 Å². The summed E-state index contributed by atoms with van der Waals surface area (Å²) in [6.07, 6.45) is -5.01. The Labute approximate surface area is 196 Å². The molecule has 2 atom stereocenters. The summed E-state index contributed by atoms with van der Waals surface area (Å²) in [7, 11) is -3.79. The van der Waals surface area contributed by atoms with Gasteiger partial charge >= 0.3 is 12.3 Å². The highest BCUT2D eigenvalue weighted by Gasteiger charge is 2.41. The molecule has 184 valence electrons. The molecule has 1 fully saturated rings. The fraction of sp³-hybridized carbons (Fsp3) is 0.300. The van der Waals surface area contributed by atoms with E-state index in [1.54, 1.807) is 0 Å². The van der Waals surface area contributed by atoms with Crippen molar-refractivity contribution in [2.75, 3.05) is 6.54 Å². The molecule has 3 aromatic rings. The first-order chi connectivity index (χ1) is 15.9. The van der Waals surface area contributed by atoms with Gasteiger partial charge in [-0.05, 0) is 42.6 Å². The highest BCUT2D eigenvalue weighted by atomic mass is 32.2. The number of hydrogen-bond acceptors (Lipinski definition) is 7. The Morgan fingerprint density at radius 2 is 1.85 bits per heavy atom. The van der Waals surface area contributed by atoms with E-state index in [9.17, 15) is 21.6 Å². The van der Waals surface area contributed by atoms with Gasteiger partial charge in [0.15, 0.2) is 0 Å². The van der Waals surface area contributed by atoms with Gasteiger partial charge in [-0.3, -0.25) is 0 Å². The van der Waals surface area contributed by atoms with Crippen LogP contribution in [0.2, 0.25) is 0 Å². The third-order valence-corrected chi connectivity index (χ3v) is 7.92. The Balaban J connectivity index is 0.000000751. The number of carbonyl (C=O) groups is 1. The van der Waals surface area contributed by atoms with E-state index >= 15 is 0 Å². The van der Waals surface area contributed by atoms with E-state index in [2.05, 4.69) is 14.4 Å². The quantitative estimate of drug-likeness (QED) is 0.365. The van der Waals surface area contributed by atoms with Gasteiger partial charge in [-0.25, -0.2) is 17.9 Å². The van der Waals surface area contributed by atoms with Crippen molar-refractivity contribution in [1.29, 1.82) is 0 Å². The zero-order chi connectivity index (χ0) is 25.1. The molecule has 1 saturated carbocycles. The average molecular weight is 520 g/mol. The summed E-state index contributed by atoms with van der Waals surface area (Å²) in [4.78, 5) is 8.83. The van der Waals surface area contributed by atoms with Crippen LogP contribution in [-0.2, 0) is 22.6 Å². The third-order valence-electron chi connectivity index (χ3n) is 4.83. The molecular formula is C20H20F3N3O6S2. The van der Waals surface area contributed by atoms with Gasteiger partial charge in [-0.15, -0.1) is 11.3 Å². The SMILES string of the molecule is NCCc1ccc([C@H]2C[C@@H]2NS(=O)(=O)c2ccc(-c3cc(C(F)(F)F)on3)s2)cc1.O=C(O)O. The second kappa shape index (κ2) is 10.1. The Hall–Kier alpha value is -2.94. The summed E-state index contributed by atoms with van der Waals surface area (Å²) >= 11 is 0.839. The third kappa shape index (κ3) is 6.56. The smallest absolute Gasteiger partial charge is 0.450 e. The largest absolute Gasteiger partial charge is 0.503 e. The van der Waals surface area contributed by atoms with E-state index in [1.165, 1.54) is 12.1 Å². The van der Waals surface area contributed by atoms with Gasteiger partial charge in [0.1, 0.15) is 9.90 Å². The monoisotopic (exact) mass is 519 g/mol. The minimum absolute atomic E-state index is 0.0120. The number of sulfonamides is 1. The molecule has 0 amide bonds. The standard InChI is InChI=1S/C19H18F3N3O3S2.CH2O3/c20-19(21,22)17-10-15(24-28-17)16-5-6-18(29-16)30(26,27)25-14-9-13(14)12-3-1-11(2-4-12)7-8-23;2-1(3)4/h1-6,10,13-14,25H,7-9,23H2;(H2,2,3,4)/t13-,14+;/m1./s1. The molecule has 0 spiro atoms. The van der Waals surface area contributed by atoms with Gasteiger partial charge in [0.25, 0.3) is 0 Å². The lowest BCUT2D eigenvalue weighted by Gasteiger charge is -2.05. The van der Waals surface area contributed by atoms with E-state index in [-0.39, 0.29) is 26.7 Å². The van der Waals surface area contributed by atoms with Crippen molar-refractivity contribution >= 4 is 27.5 Å². The van der Waals surface area contributed by atoms with Crippen LogP contribution in [0, 0.1) is 0 Å². The van der Waals surface area contributed by atoms with Crippen LogP contribution in [0.25, 0.3) is 10.6 Å². The highest BCUT2D eigenvalue weighted by molar-refractivity contribution is 7.91. The second-order valence-electron chi connectivity index (χ2n) is 7.33. The maximum atomic E-state index is 12.7. The van der Waals surface area contributed by atoms with Crippen LogP contribution < -0.4 is 10.5 Å². The number of aromatic nitrogens is 1. The van der Waals surface area contributed by atoms with Gasteiger partial charge in [-0.2, -0.15) is 13.2 Å². The first-order valence-corrected chi connectivity index (χ1v) is 12.1. The molecule has 0 saturated heterocycles. The first-order valence-electron chi connectivity index (χ1n) is 9.78. The van der Waals surface area contributed by atoms with Crippen molar-refractivity contribution < 1.29 is 41.1 Å². The van der Waals surface area contributed by atoms with E-state index in [1.807, 2.05) is 24.3 Å². The Morgan fingerprint density at radius 3 is 2.41 bits per heavy atom.